The van der Waals surface area contributed by atoms with E-state index in [0.717, 1.165) is 28.5 Å². The maximum absolute atomic E-state index is 12.7. The summed E-state index contributed by atoms with van der Waals surface area (Å²) in [6.07, 6.45) is 6.05. The standard InChI is InChI=1S/C21H26N2O2/c1-25-20-11-10-14-6-2-4-8-16(14)17(20)13-22-21(24)19-12-15-7-3-5-9-18(15)23-19/h2,4,6,8,10-11,15,18-19,23H,3,5,7,9,12-13H2,1H3,(H,22,24). The van der Waals surface area contributed by atoms with Crippen LogP contribution in [-0.2, 0) is 11.3 Å². The molecule has 2 aromatic carbocycles. The number of rotatable bonds is 4. The number of methoxy groups -OCH3 is 1. The molecule has 1 aliphatic heterocycles. The Morgan fingerprint density at radius 2 is 2.04 bits per heavy atom. The molecule has 2 aromatic rings. The normalized spacial score (nSPS) is 25.6. The molecule has 2 N–H and O–H groups in total. The molecule has 25 heavy (non-hydrogen) atoms. The topological polar surface area (TPSA) is 50.4 Å². The Morgan fingerprint density at radius 1 is 1.20 bits per heavy atom. The first-order valence-corrected chi connectivity index (χ1v) is 9.34. The van der Waals surface area contributed by atoms with Crippen molar-refractivity contribution in [2.75, 3.05) is 7.11 Å². The fourth-order valence-corrected chi connectivity index (χ4v) is 4.51. The molecule has 4 heteroatoms. The van der Waals surface area contributed by atoms with Crippen molar-refractivity contribution in [2.45, 2.75) is 50.7 Å². The van der Waals surface area contributed by atoms with Crippen molar-refractivity contribution in [1.82, 2.24) is 10.6 Å². The summed E-state index contributed by atoms with van der Waals surface area (Å²) in [5, 5.41) is 8.99. The Labute approximate surface area is 148 Å². The maximum Gasteiger partial charge on any atom is 0.237 e. The third kappa shape index (κ3) is 3.23. The first-order valence-electron chi connectivity index (χ1n) is 9.34. The lowest BCUT2D eigenvalue weighted by Crippen LogP contribution is -2.42. The highest BCUT2D eigenvalue weighted by Crippen LogP contribution is 2.33. The molecule has 0 aromatic heterocycles. The number of amides is 1. The minimum Gasteiger partial charge on any atom is -0.496 e. The first-order chi connectivity index (χ1) is 12.3. The van der Waals surface area contributed by atoms with E-state index in [0.29, 0.717) is 18.5 Å². The molecular weight excluding hydrogens is 312 g/mol. The number of carbonyl (C=O) groups excluding carboxylic acids is 1. The minimum atomic E-state index is -0.0472. The van der Waals surface area contributed by atoms with Crippen LogP contribution in [0.5, 0.6) is 5.75 Å². The van der Waals surface area contributed by atoms with Gasteiger partial charge in [0.1, 0.15) is 5.75 Å². The highest BCUT2D eigenvalue weighted by molar-refractivity contribution is 5.88. The molecule has 1 heterocycles. The SMILES string of the molecule is COc1ccc2ccccc2c1CNC(=O)C1CC2CCCCC2N1. The van der Waals surface area contributed by atoms with Crippen molar-refractivity contribution in [3.8, 4) is 5.75 Å². The van der Waals surface area contributed by atoms with E-state index >= 15 is 0 Å². The van der Waals surface area contributed by atoms with E-state index in [1.165, 1.54) is 25.7 Å². The van der Waals surface area contributed by atoms with Gasteiger partial charge in [-0.1, -0.05) is 43.2 Å². The Kier molecular flexibility index (Phi) is 4.62. The molecule has 0 radical (unpaired) electrons. The Hall–Kier alpha value is -2.07. The molecule has 4 rings (SSSR count). The zero-order valence-corrected chi connectivity index (χ0v) is 14.8. The molecule has 1 amide bonds. The van der Waals surface area contributed by atoms with E-state index in [9.17, 15) is 4.79 Å². The zero-order chi connectivity index (χ0) is 17.2. The summed E-state index contributed by atoms with van der Waals surface area (Å²) in [6.45, 7) is 0.497. The molecule has 3 unspecified atom stereocenters. The van der Waals surface area contributed by atoms with E-state index in [-0.39, 0.29) is 11.9 Å². The number of nitrogens with one attached hydrogen (secondary N) is 2. The van der Waals surface area contributed by atoms with Crippen LogP contribution in [0.2, 0.25) is 0 Å². The zero-order valence-electron chi connectivity index (χ0n) is 14.8. The fourth-order valence-electron chi connectivity index (χ4n) is 4.51. The van der Waals surface area contributed by atoms with Gasteiger partial charge in [-0.05, 0) is 42.0 Å². The third-order valence-electron chi connectivity index (χ3n) is 5.84. The van der Waals surface area contributed by atoms with Crippen molar-refractivity contribution in [1.29, 1.82) is 0 Å². The largest absolute Gasteiger partial charge is 0.496 e. The van der Waals surface area contributed by atoms with E-state index in [2.05, 4.69) is 28.8 Å². The molecule has 1 aliphatic carbocycles. The molecule has 4 nitrogen and oxygen atoms in total. The molecule has 0 spiro atoms. The summed E-state index contributed by atoms with van der Waals surface area (Å²) in [4.78, 5) is 12.7. The van der Waals surface area contributed by atoms with Crippen LogP contribution in [0.4, 0.5) is 0 Å². The van der Waals surface area contributed by atoms with Gasteiger partial charge in [0.05, 0.1) is 13.2 Å². The van der Waals surface area contributed by atoms with Crippen LogP contribution in [-0.4, -0.2) is 25.1 Å². The van der Waals surface area contributed by atoms with Crippen molar-refractivity contribution in [3.05, 3.63) is 42.0 Å². The second kappa shape index (κ2) is 7.04. The highest BCUT2D eigenvalue weighted by Gasteiger charge is 2.38. The number of ether oxygens (including phenoxy) is 1. The lowest BCUT2D eigenvalue weighted by atomic mass is 9.85. The van der Waals surface area contributed by atoms with Gasteiger partial charge in [0, 0.05) is 18.2 Å². The van der Waals surface area contributed by atoms with E-state index in [1.807, 2.05) is 18.2 Å². The summed E-state index contributed by atoms with van der Waals surface area (Å²) in [6, 6.07) is 12.8. The van der Waals surface area contributed by atoms with Crippen molar-refractivity contribution < 1.29 is 9.53 Å². The van der Waals surface area contributed by atoms with Gasteiger partial charge in [-0.25, -0.2) is 0 Å². The average molecular weight is 338 g/mol. The van der Waals surface area contributed by atoms with Gasteiger partial charge in [-0.2, -0.15) is 0 Å². The first kappa shape index (κ1) is 16.4. The van der Waals surface area contributed by atoms with Crippen molar-refractivity contribution in [3.63, 3.8) is 0 Å². The van der Waals surface area contributed by atoms with Gasteiger partial charge in [-0.3, -0.25) is 4.79 Å². The summed E-state index contributed by atoms with van der Waals surface area (Å²) < 4.78 is 5.52. The van der Waals surface area contributed by atoms with Crippen LogP contribution in [0.1, 0.15) is 37.7 Å². The number of benzene rings is 2. The second-order valence-electron chi connectivity index (χ2n) is 7.29. The molecule has 2 aliphatic rings. The number of fused-ring (bicyclic) bond motifs is 2. The molecule has 2 fully saturated rings. The Bertz CT molecular complexity index is 760. The second-order valence-corrected chi connectivity index (χ2v) is 7.29. The van der Waals surface area contributed by atoms with Gasteiger partial charge in [-0.15, -0.1) is 0 Å². The van der Waals surface area contributed by atoms with Gasteiger partial charge < -0.3 is 15.4 Å². The minimum absolute atomic E-state index is 0.0472. The van der Waals surface area contributed by atoms with Crippen LogP contribution in [0.25, 0.3) is 10.8 Å². The Balaban J connectivity index is 1.48. The summed E-state index contributed by atoms with van der Waals surface area (Å²) >= 11 is 0. The summed E-state index contributed by atoms with van der Waals surface area (Å²) in [5.41, 5.74) is 1.05. The van der Waals surface area contributed by atoms with Gasteiger partial charge >= 0.3 is 0 Å². The predicted octanol–water partition coefficient (Wildman–Crippen LogP) is 3.39. The van der Waals surface area contributed by atoms with Gasteiger partial charge in [0.25, 0.3) is 0 Å². The highest BCUT2D eigenvalue weighted by atomic mass is 16.5. The number of hydrogen-bond acceptors (Lipinski definition) is 3. The van der Waals surface area contributed by atoms with Crippen LogP contribution < -0.4 is 15.4 Å². The van der Waals surface area contributed by atoms with E-state index < -0.39 is 0 Å². The van der Waals surface area contributed by atoms with Crippen molar-refractivity contribution >= 4 is 16.7 Å². The third-order valence-corrected chi connectivity index (χ3v) is 5.84. The molecule has 3 atom stereocenters. The molecule has 132 valence electrons. The van der Waals surface area contributed by atoms with Crippen molar-refractivity contribution in [2.24, 2.45) is 5.92 Å². The molecular formula is C21H26N2O2. The van der Waals surface area contributed by atoms with Gasteiger partial charge in [0.15, 0.2) is 0 Å². The molecule has 1 saturated heterocycles. The van der Waals surface area contributed by atoms with Gasteiger partial charge in [0.2, 0.25) is 5.91 Å². The number of hydrogen-bond donors (Lipinski definition) is 2. The summed E-state index contributed by atoms with van der Waals surface area (Å²) in [7, 11) is 1.68. The lowest BCUT2D eigenvalue weighted by Gasteiger charge is -2.24. The van der Waals surface area contributed by atoms with Crippen LogP contribution in [0, 0.1) is 5.92 Å². The number of carbonyl (C=O) groups is 1. The smallest absolute Gasteiger partial charge is 0.237 e. The van der Waals surface area contributed by atoms with E-state index in [4.69, 9.17) is 4.74 Å². The monoisotopic (exact) mass is 338 g/mol. The predicted molar refractivity (Wildman–Crippen MR) is 99.6 cm³/mol. The quantitative estimate of drug-likeness (QED) is 0.898. The molecule has 0 bridgehead atoms. The molecule has 1 saturated carbocycles. The maximum atomic E-state index is 12.7. The summed E-state index contributed by atoms with van der Waals surface area (Å²) in [5.74, 6) is 1.62. The average Bonchev–Trinajstić information content (AvgIpc) is 3.10. The van der Waals surface area contributed by atoms with Crippen LogP contribution >= 0.6 is 0 Å². The van der Waals surface area contributed by atoms with Crippen LogP contribution in [0.15, 0.2) is 36.4 Å². The Morgan fingerprint density at radius 3 is 2.88 bits per heavy atom. The van der Waals surface area contributed by atoms with E-state index in [1.54, 1.807) is 7.11 Å². The van der Waals surface area contributed by atoms with Crippen LogP contribution in [0.3, 0.4) is 0 Å². The fraction of sp³-hybridized carbons (Fsp3) is 0.476. The lowest BCUT2D eigenvalue weighted by molar-refractivity contribution is -0.123.